The second-order valence-corrected chi connectivity index (χ2v) is 8.01. The Bertz CT molecular complexity index is 836. The smallest absolute Gasteiger partial charge is 0.222 e. The summed E-state index contributed by atoms with van der Waals surface area (Å²) in [5.41, 5.74) is 3.71. The van der Waals surface area contributed by atoms with Crippen LogP contribution in [0.3, 0.4) is 0 Å². The summed E-state index contributed by atoms with van der Waals surface area (Å²) in [6, 6.07) is 10.6. The fraction of sp³-hybridized carbons (Fsp3) is 0.522. The lowest BCUT2D eigenvalue weighted by Crippen LogP contribution is -2.39. The Balaban J connectivity index is 1.61. The Hall–Kier alpha value is -2.43. The van der Waals surface area contributed by atoms with Crippen molar-refractivity contribution in [3.8, 4) is 0 Å². The molecule has 5 nitrogen and oxygen atoms in total. The van der Waals surface area contributed by atoms with E-state index in [9.17, 15) is 4.79 Å². The highest BCUT2D eigenvalue weighted by Crippen LogP contribution is 2.32. The monoisotopic (exact) mass is 378 g/mol. The van der Waals surface area contributed by atoms with E-state index in [1.54, 1.807) is 0 Å². The van der Waals surface area contributed by atoms with Crippen LogP contribution in [-0.2, 0) is 17.8 Å². The fourth-order valence-electron chi connectivity index (χ4n) is 4.49. The normalized spacial score (nSPS) is 19.4. The van der Waals surface area contributed by atoms with Crippen molar-refractivity contribution < 1.29 is 4.79 Å². The molecule has 28 heavy (non-hydrogen) atoms. The molecule has 1 saturated heterocycles. The molecule has 5 heteroatoms. The Morgan fingerprint density at radius 3 is 2.75 bits per heavy atom. The number of likely N-dealkylation sites (tertiary alicyclic amines) is 1. The lowest BCUT2D eigenvalue weighted by Gasteiger charge is -2.34. The third-order valence-corrected chi connectivity index (χ3v) is 6.02. The molecular formula is C23H30N4O. The molecule has 1 fully saturated rings. The predicted molar refractivity (Wildman–Crippen MR) is 111 cm³/mol. The van der Waals surface area contributed by atoms with Gasteiger partial charge < -0.3 is 9.80 Å². The van der Waals surface area contributed by atoms with Crippen molar-refractivity contribution in [1.29, 1.82) is 0 Å². The summed E-state index contributed by atoms with van der Waals surface area (Å²) >= 11 is 0. The van der Waals surface area contributed by atoms with E-state index >= 15 is 0 Å². The van der Waals surface area contributed by atoms with Crippen LogP contribution in [0.15, 0.2) is 30.3 Å². The summed E-state index contributed by atoms with van der Waals surface area (Å²) in [5, 5.41) is 0. The molecule has 148 valence electrons. The molecule has 2 aliphatic heterocycles. The minimum absolute atomic E-state index is 0.241. The topological polar surface area (TPSA) is 49.3 Å². The number of fused-ring (bicyclic) bond motifs is 1. The largest absolute Gasteiger partial charge is 0.352 e. The minimum Gasteiger partial charge on any atom is -0.352 e. The molecule has 1 aromatic heterocycles. The quantitative estimate of drug-likeness (QED) is 0.811. The van der Waals surface area contributed by atoms with Crippen LogP contribution in [0.25, 0.3) is 0 Å². The highest BCUT2D eigenvalue weighted by Gasteiger charge is 2.29. The molecular weight excluding hydrogens is 348 g/mol. The first-order chi connectivity index (χ1) is 13.7. The van der Waals surface area contributed by atoms with Crippen LogP contribution < -0.4 is 4.90 Å². The molecule has 0 saturated carbocycles. The van der Waals surface area contributed by atoms with E-state index in [4.69, 9.17) is 9.97 Å². The number of amides is 1. The number of hydrogen-bond acceptors (Lipinski definition) is 4. The molecule has 1 atom stereocenters. The van der Waals surface area contributed by atoms with Gasteiger partial charge in [-0.1, -0.05) is 37.3 Å². The van der Waals surface area contributed by atoms with E-state index in [1.165, 1.54) is 11.1 Å². The van der Waals surface area contributed by atoms with Crippen molar-refractivity contribution in [2.75, 3.05) is 24.5 Å². The first kappa shape index (κ1) is 18.9. The van der Waals surface area contributed by atoms with Gasteiger partial charge in [0.2, 0.25) is 5.91 Å². The van der Waals surface area contributed by atoms with Crippen LogP contribution in [0.4, 0.5) is 5.82 Å². The van der Waals surface area contributed by atoms with Crippen molar-refractivity contribution >= 4 is 11.7 Å². The minimum atomic E-state index is 0.241. The van der Waals surface area contributed by atoms with E-state index in [0.29, 0.717) is 6.42 Å². The number of carbonyl (C=O) groups excluding carboxylic acids is 1. The standard InChI is InChI=1S/C23H30N4O/c1-3-21(28)26-13-7-11-19(16-26)22-24-17(2)20-12-8-14-27(23(20)25-22)15-18-9-5-4-6-10-18/h4-6,9-10,19H,3,7-8,11-16H2,1-2H3/t19-/m0/s1. The van der Waals surface area contributed by atoms with Crippen LogP contribution in [-0.4, -0.2) is 40.4 Å². The molecule has 0 aliphatic carbocycles. The molecule has 1 amide bonds. The van der Waals surface area contributed by atoms with Crippen LogP contribution in [0.1, 0.15) is 61.2 Å². The maximum absolute atomic E-state index is 12.2. The van der Waals surface area contributed by atoms with Gasteiger partial charge in [-0.15, -0.1) is 0 Å². The van der Waals surface area contributed by atoms with E-state index in [-0.39, 0.29) is 11.8 Å². The Morgan fingerprint density at radius 2 is 1.96 bits per heavy atom. The molecule has 1 aromatic carbocycles. The van der Waals surface area contributed by atoms with Gasteiger partial charge in [0.25, 0.3) is 0 Å². The molecule has 0 radical (unpaired) electrons. The lowest BCUT2D eigenvalue weighted by atomic mass is 9.95. The van der Waals surface area contributed by atoms with Gasteiger partial charge in [-0.25, -0.2) is 9.97 Å². The van der Waals surface area contributed by atoms with Crippen LogP contribution >= 0.6 is 0 Å². The second-order valence-electron chi connectivity index (χ2n) is 8.01. The summed E-state index contributed by atoms with van der Waals surface area (Å²) in [5.74, 6) is 2.51. The summed E-state index contributed by atoms with van der Waals surface area (Å²) in [6.07, 6.45) is 4.86. The summed E-state index contributed by atoms with van der Waals surface area (Å²) in [7, 11) is 0. The zero-order valence-corrected chi connectivity index (χ0v) is 17.0. The summed E-state index contributed by atoms with van der Waals surface area (Å²) < 4.78 is 0. The van der Waals surface area contributed by atoms with Gasteiger partial charge in [0, 0.05) is 49.8 Å². The van der Waals surface area contributed by atoms with Crippen LogP contribution in [0, 0.1) is 6.92 Å². The van der Waals surface area contributed by atoms with Gasteiger partial charge in [0.15, 0.2) is 0 Å². The SMILES string of the molecule is CCC(=O)N1CCC[C@H](c2nc(C)c3c(n2)N(Cc2ccccc2)CCC3)C1. The molecule has 2 aromatic rings. The van der Waals surface area contributed by atoms with Crippen LogP contribution in [0.5, 0.6) is 0 Å². The maximum Gasteiger partial charge on any atom is 0.222 e. The molecule has 0 unspecified atom stereocenters. The number of hydrogen-bond donors (Lipinski definition) is 0. The van der Waals surface area contributed by atoms with Crippen molar-refractivity contribution in [1.82, 2.24) is 14.9 Å². The van der Waals surface area contributed by atoms with E-state index in [2.05, 4.69) is 42.2 Å². The van der Waals surface area contributed by atoms with Gasteiger partial charge in [0.1, 0.15) is 11.6 Å². The molecule has 0 bridgehead atoms. The predicted octanol–water partition coefficient (Wildman–Crippen LogP) is 3.85. The average molecular weight is 379 g/mol. The number of anilines is 1. The summed E-state index contributed by atoms with van der Waals surface area (Å²) in [6.45, 7) is 7.59. The third-order valence-electron chi connectivity index (χ3n) is 6.02. The van der Waals surface area contributed by atoms with Crippen LogP contribution in [0.2, 0.25) is 0 Å². The molecule has 0 spiro atoms. The fourth-order valence-corrected chi connectivity index (χ4v) is 4.49. The molecule has 2 aliphatic rings. The lowest BCUT2D eigenvalue weighted by molar-refractivity contribution is -0.132. The van der Waals surface area contributed by atoms with Gasteiger partial charge in [0.05, 0.1) is 0 Å². The zero-order chi connectivity index (χ0) is 19.5. The average Bonchev–Trinajstić information content (AvgIpc) is 2.74. The van der Waals surface area contributed by atoms with Crippen molar-refractivity contribution in [2.24, 2.45) is 0 Å². The number of aromatic nitrogens is 2. The molecule has 3 heterocycles. The number of piperidine rings is 1. The maximum atomic E-state index is 12.2. The number of carbonyl (C=O) groups is 1. The van der Waals surface area contributed by atoms with E-state index < -0.39 is 0 Å². The van der Waals surface area contributed by atoms with Crippen molar-refractivity contribution in [2.45, 2.75) is 58.4 Å². The highest BCUT2D eigenvalue weighted by molar-refractivity contribution is 5.76. The van der Waals surface area contributed by atoms with E-state index in [1.807, 2.05) is 11.8 Å². The molecule has 0 N–H and O–H groups in total. The highest BCUT2D eigenvalue weighted by atomic mass is 16.2. The Morgan fingerprint density at radius 1 is 1.14 bits per heavy atom. The van der Waals surface area contributed by atoms with Crippen molar-refractivity contribution in [3.63, 3.8) is 0 Å². The van der Waals surface area contributed by atoms with Crippen molar-refractivity contribution in [3.05, 3.63) is 53.0 Å². The van der Waals surface area contributed by atoms with Gasteiger partial charge in [-0.05, 0) is 38.2 Å². The molecule has 4 rings (SSSR count). The third kappa shape index (κ3) is 3.89. The number of benzene rings is 1. The number of nitrogens with zero attached hydrogens (tertiary/aromatic N) is 4. The number of aryl methyl sites for hydroxylation is 1. The summed E-state index contributed by atoms with van der Waals surface area (Å²) in [4.78, 5) is 26.5. The van der Waals surface area contributed by atoms with Gasteiger partial charge in [-0.2, -0.15) is 0 Å². The van der Waals surface area contributed by atoms with Gasteiger partial charge >= 0.3 is 0 Å². The first-order valence-corrected chi connectivity index (χ1v) is 10.6. The van der Waals surface area contributed by atoms with Gasteiger partial charge in [-0.3, -0.25) is 4.79 Å². The zero-order valence-electron chi connectivity index (χ0n) is 17.0. The van der Waals surface area contributed by atoms with E-state index in [0.717, 1.165) is 69.2 Å². The number of rotatable bonds is 4. The first-order valence-electron chi connectivity index (χ1n) is 10.6. The second kappa shape index (κ2) is 8.29. The Labute approximate surface area is 167 Å². The Kier molecular flexibility index (Phi) is 5.60.